The third kappa shape index (κ3) is 3.30. The van der Waals surface area contributed by atoms with Gasteiger partial charge in [-0.25, -0.2) is 0 Å². The molecule has 0 spiro atoms. The Hall–Kier alpha value is -1.35. The Morgan fingerprint density at radius 2 is 2.06 bits per heavy atom. The summed E-state index contributed by atoms with van der Waals surface area (Å²) in [6.07, 6.45) is 0. The Bertz CT molecular complexity index is 418. The molecular formula is C14H20N2O. The van der Waals surface area contributed by atoms with Crippen LogP contribution in [0.2, 0.25) is 0 Å². The molecule has 1 N–H and O–H groups in total. The molecule has 3 nitrogen and oxygen atoms in total. The molecule has 0 saturated carbocycles. The number of amidine groups is 1. The summed E-state index contributed by atoms with van der Waals surface area (Å²) in [5.74, 6) is 0.998. The molecule has 3 heteroatoms. The lowest BCUT2D eigenvalue weighted by Crippen LogP contribution is -2.23. The topological polar surface area (TPSA) is 33.6 Å². The van der Waals surface area contributed by atoms with Gasteiger partial charge in [0.05, 0.1) is 18.8 Å². The number of aliphatic imine (C=N–C) groups is 1. The number of nitrogens with zero attached hydrogens (tertiary/aromatic N) is 1. The van der Waals surface area contributed by atoms with Gasteiger partial charge in [0.15, 0.2) is 0 Å². The highest BCUT2D eigenvalue weighted by Gasteiger charge is 2.15. The molecule has 1 aromatic carbocycles. The van der Waals surface area contributed by atoms with Gasteiger partial charge in [-0.2, -0.15) is 0 Å². The molecule has 0 radical (unpaired) electrons. The number of benzene rings is 1. The molecular weight excluding hydrogens is 212 g/mol. The van der Waals surface area contributed by atoms with Crippen LogP contribution in [-0.2, 0) is 11.3 Å². The standard InChI is InChI=1S/C14H20N2O/c1-14(2,3)17-10-11-6-4-5-7-12(11)13-15-8-9-16-13/h4-7H,8-10H2,1-3H3,(H,15,16). The van der Waals surface area contributed by atoms with Gasteiger partial charge in [-0.15, -0.1) is 0 Å². The van der Waals surface area contributed by atoms with Crippen molar-refractivity contribution in [2.24, 2.45) is 4.99 Å². The van der Waals surface area contributed by atoms with E-state index in [0.29, 0.717) is 6.61 Å². The zero-order valence-electron chi connectivity index (χ0n) is 10.8. The molecule has 0 aromatic heterocycles. The molecule has 92 valence electrons. The van der Waals surface area contributed by atoms with E-state index in [-0.39, 0.29) is 5.60 Å². The van der Waals surface area contributed by atoms with Crippen molar-refractivity contribution in [2.75, 3.05) is 13.1 Å². The summed E-state index contributed by atoms with van der Waals surface area (Å²) in [6, 6.07) is 8.28. The van der Waals surface area contributed by atoms with Crippen LogP contribution in [0.25, 0.3) is 0 Å². The van der Waals surface area contributed by atoms with Gasteiger partial charge in [0, 0.05) is 12.1 Å². The van der Waals surface area contributed by atoms with Gasteiger partial charge in [0.25, 0.3) is 0 Å². The third-order valence-corrected chi connectivity index (χ3v) is 2.61. The van der Waals surface area contributed by atoms with E-state index < -0.39 is 0 Å². The van der Waals surface area contributed by atoms with E-state index >= 15 is 0 Å². The van der Waals surface area contributed by atoms with Gasteiger partial charge in [0.1, 0.15) is 5.84 Å². The summed E-state index contributed by atoms with van der Waals surface area (Å²) < 4.78 is 5.83. The first-order valence-corrected chi connectivity index (χ1v) is 6.07. The molecule has 2 rings (SSSR count). The fourth-order valence-corrected chi connectivity index (χ4v) is 1.75. The monoisotopic (exact) mass is 232 g/mol. The van der Waals surface area contributed by atoms with E-state index in [9.17, 15) is 0 Å². The zero-order chi connectivity index (χ0) is 12.3. The van der Waals surface area contributed by atoms with Crippen molar-refractivity contribution in [3.8, 4) is 0 Å². The summed E-state index contributed by atoms with van der Waals surface area (Å²) in [4.78, 5) is 4.46. The van der Waals surface area contributed by atoms with Crippen LogP contribution in [0, 0.1) is 0 Å². The van der Waals surface area contributed by atoms with E-state index in [0.717, 1.165) is 24.5 Å². The van der Waals surface area contributed by atoms with Gasteiger partial charge in [-0.3, -0.25) is 4.99 Å². The first-order chi connectivity index (χ1) is 8.06. The summed E-state index contributed by atoms with van der Waals surface area (Å²) in [7, 11) is 0. The fraction of sp³-hybridized carbons (Fsp3) is 0.500. The number of nitrogens with one attached hydrogen (secondary N) is 1. The van der Waals surface area contributed by atoms with Crippen LogP contribution in [0.5, 0.6) is 0 Å². The Labute approximate surface area is 103 Å². The number of rotatable bonds is 3. The van der Waals surface area contributed by atoms with Crippen LogP contribution in [0.15, 0.2) is 29.3 Å². The predicted octanol–water partition coefficient (Wildman–Crippen LogP) is 2.35. The molecule has 0 unspecified atom stereocenters. The zero-order valence-corrected chi connectivity index (χ0v) is 10.8. The van der Waals surface area contributed by atoms with E-state index in [2.05, 4.69) is 43.2 Å². The molecule has 0 saturated heterocycles. The summed E-state index contributed by atoms with van der Waals surface area (Å²) in [6.45, 7) is 8.64. The van der Waals surface area contributed by atoms with Crippen molar-refractivity contribution in [3.63, 3.8) is 0 Å². The van der Waals surface area contributed by atoms with Gasteiger partial charge >= 0.3 is 0 Å². The van der Waals surface area contributed by atoms with Crippen LogP contribution in [-0.4, -0.2) is 24.5 Å². The highest BCUT2D eigenvalue weighted by molar-refractivity contribution is 6.00. The largest absolute Gasteiger partial charge is 0.371 e. The van der Waals surface area contributed by atoms with E-state index in [1.54, 1.807) is 0 Å². The van der Waals surface area contributed by atoms with E-state index in [1.807, 2.05) is 12.1 Å². The second-order valence-electron chi connectivity index (χ2n) is 5.22. The highest BCUT2D eigenvalue weighted by atomic mass is 16.5. The average molecular weight is 232 g/mol. The highest BCUT2D eigenvalue weighted by Crippen LogP contribution is 2.16. The van der Waals surface area contributed by atoms with Crippen molar-refractivity contribution in [3.05, 3.63) is 35.4 Å². The lowest BCUT2D eigenvalue weighted by Gasteiger charge is -2.20. The Kier molecular flexibility index (Phi) is 3.48. The lowest BCUT2D eigenvalue weighted by molar-refractivity contribution is -0.0150. The van der Waals surface area contributed by atoms with Crippen LogP contribution in [0.1, 0.15) is 31.9 Å². The maximum atomic E-state index is 5.83. The molecule has 0 bridgehead atoms. The molecule has 0 atom stereocenters. The normalized spacial score (nSPS) is 15.6. The summed E-state index contributed by atoms with van der Waals surface area (Å²) >= 11 is 0. The van der Waals surface area contributed by atoms with Gasteiger partial charge in [-0.05, 0) is 26.3 Å². The lowest BCUT2D eigenvalue weighted by atomic mass is 10.1. The first kappa shape index (κ1) is 12.1. The second-order valence-corrected chi connectivity index (χ2v) is 5.22. The summed E-state index contributed by atoms with van der Waals surface area (Å²) in [5.41, 5.74) is 2.24. The molecule has 1 aliphatic heterocycles. The molecule has 1 aromatic rings. The van der Waals surface area contributed by atoms with Crippen molar-refractivity contribution < 1.29 is 4.74 Å². The molecule has 0 fully saturated rings. The van der Waals surface area contributed by atoms with Crippen LogP contribution in [0.4, 0.5) is 0 Å². The minimum atomic E-state index is -0.113. The van der Waals surface area contributed by atoms with Gasteiger partial charge in [0.2, 0.25) is 0 Å². The molecule has 1 aliphatic rings. The average Bonchev–Trinajstić information content (AvgIpc) is 2.79. The quantitative estimate of drug-likeness (QED) is 0.868. The third-order valence-electron chi connectivity index (χ3n) is 2.61. The Balaban J connectivity index is 2.16. The molecule has 17 heavy (non-hydrogen) atoms. The van der Waals surface area contributed by atoms with Crippen molar-refractivity contribution in [1.29, 1.82) is 0 Å². The molecule has 0 aliphatic carbocycles. The van der Waals surface area contributed by atoms with Crippen LogP contribution in [0.3, 0.4) is 0 Å². The SMILES string of the molecule is CC(C)(C)OCc1ccccc1C1=NCCN1. The second kappa shape index (κ2) is 4.88. The van der Waals surface area contributed by atoms with Gasteiger partial charge < -0.3 is 10.1 Å². The number of hydrogen-bond donors (Lipinski definition) is 1. The first-order valence-electron chi connectivity index (χ1n) is 6.07. The maximum Gasteiger partial charge on any atom is 0.128 e. The predicted molar refractivity (Wildman–Crippen MR) is 70.4 cm³/mol. The minimum absolute atomic E-state index is 0.113. The molecule has 0 amide bonds. The smallest absolute Gasteiger partial charge is 0.128 e. The van der Waals surface area contributed by atoms with E-state index in [4.69, 9.17) is 4.74 Å². The minimum Gasteiger partial charge on any atom is -0.371 e. The number of hydrogen-bond acceptors (Lipinski definition) is 3. The Morgan fingerprint density at radius 1 is 1.29 bits per heavy atom. The fourth-order valence-electron chi connectivity index (χ4n) is 1.75. The van der Waals surface area contributed by atoms with Crippen LogP contribution < -0.4 is 5.32 Å². The molecule has 1 heterocycles. The maximum absolute atomic E-state index is 5.83. The van der Waals surface area contributed by atoms with E-state index in [1.165, 1.54) is 5.56 Å². The number of ether oxygens (including phenoxy) is 1. The summed E-state index contributed by atoms with van der Waals surface area (Å²) in [5, 5.41) is 3.30. The van der Waals surface area contributed by atoms with Crippen molar-refractivity contribution in [1.82, 2.24) is 5.32 Å². The Morgan fingerprint density at radius 3 is 2.71 bits per heavy atom. The van der Waals surface area contributed by atoms with Crippen molar-refractivity contribution >= 4 is 5.84 Å². The van der Waals surface area contributed by atoms with Crippen LogP contribution >= 0.6 is 0 Å². The van der Waals surface area contributed by atoms with Gasteiger partial charge in [-0.1, -0.05) is 24.3 Å². The van der Waals surface area contributed by atoms with Crippen molar-refractivity contribution in [2.45, 2.75) is 33.0 Å².